The van der Waals surface area contributed by atoms with E-state index in [9.17, 15) is 14.8 Å². The van der Waals surface area contributed by atoms with Crippen LogP contribution in [0.4, 0.5) is 4.39 Å². The number of rotatable bonds is 3. The van der Waals surface area contributed by atoms with Crippen LogP contribution in [-0.4, -0.2) is 10.1 Å². The molecule has 0 aliphatic carbocycles. The highest BCUT2D eigenvalue weighted by atomic mass is 35.5. The maximum absolute atomic E-state index is 13.0. The van der Waals surface area contributed by atoms with E-state index in [0.29, 0.717) is 21.8 Å². The summed E-state index contributed by atoms with van der Waals surface area (Å²) < 4.78 is 13.0. The number of phenolic OH excluding ortho intramolecular Hbond substituents is 1. The molecule has 2 aromatic carbocycles. The van der Waals surface area contributed by atoms with Crippen molar-refractivity contribution in [2.45, 2.75) is 0 Å². The maximum Gasteiger partial charge on any atom is 0.152 e. The Morgan fingerprint density at radius 3 is 2.44 bits per heavy atom. The highest BCUT2D eigenvalue weighted by molar-refractivity contribution is 7.11. The van der Waals surface area contributed by atoms with Crippen molar-refractivity contribution in [1.82, 2.24) is 4.98 Å². The number of thiazole rings is 1. The summed E-state index contributed by atoms with van der Waals surface area (Å²) in [7, 11) is 0. The molecule has 0 unspecified atom stereocenters. The summed E-state index contributed by atoms with van der Waals surface area (Å²) in [4.78, 5) is 4.43. The second kappa shape index (κ2) is 7.24. The normalized spacial score (nSPS) is 11.4. The Kier molecular flexibility index (Phi) is 5.05. The Balaban J connectivity index is 1.97. The predicted molar refractivity (Wildman–Crippen MR) is 99.1 cm³/mol. The number of benzene rings is 2. The Hall–Kier alpha value is -2.39. The van der Waals surface area contributed by atoms with Gasteiger partial charge in [0.1, 0.15) is 16.9 Å². The largest absolute Gasteiger partial charge is 0.505 e. The first-order valence-electron chi connectivity index (χ1n) is 6.99. The van der Waals surface area contributed by atoms with Crippen molar-refractivity contribution in [3.05, 3.63) is 68.2 Å². The second-order valence-corrected chi connectivity index (χ2v) is 6.72. The molecule has 25 heavy (non-hydrogen) atoms. The topological polar surface area (TPSA) is 56.9 Å². The summed E-state index contributed by atoms with van der Waals surface area (Å²) in [5.41, 5.74) is 2.32. The molecular formula is C18H9Cl2FN2OS. The van der Waals surface area contributed by atoms with Gasteiger partial charge in [-0.1, -0.05) is 23.2 Å². The Bertz CT molecular complexity index is 984. The Morgan fingerprint density at radius 1 is 1.20 bits per heavy atom. The number of hydrogen-bond acceptors (Lipinski definition) is 4. The molecular weight excluding hydrogens is 382 g/mol. The standard InChI is InChI=1S/C18H9Cl2FN2OS/c19-14-6-10(7-15(20)17(14)24)5-12(8-22)18-23-16(9-25-18)11-1-3-13(21)4-2-11/h1-7,9,24H/b12-5+. The van der Waals surface area contributed by atoms with Crippen molar-refractivity contribution in [1.29, 1.82) is 5.26 Å². The first-order valence-corrected chi connectivity index (χ1v) is 8.63. The summed E-state index contributed by atoms with van der Waals surface area (Å²) in [5.74, 6) is -0.523. The molecule has 0 fully saturated rings. The van der Waals surface area contributed by atoms with E-state index in [-0.39, 0.29) is 21.6 Å². The maximum atomic E-state index is 13.0. The third kappa shape index (κ3) is 3.83. The van der Waals surface area contributed by atoms with Crippen LogP contribution < -0.4 is 0 Å². The summed E-state index contributed by atoms with van der Waals surface area (Å²) in [6.07, 6.45) is 1.59. The van der Waals surface area contributed by atoms with Crippen molar-refractivity contribution >= 4 is 46.2 Å². The average molecular weight is 391 g/mol. The summed E-state index contributed by atoms with van der Waals surface area (Å²) in [6, 6.07) is 11.1. The number of nitriles is 1. The fraction of sp³-hybridized carbons (Fsp3) is 0. The number of phenols is 1. The minimum Gasteiger partial charge on any atom is -0.505 e. The first kappa shape index (κ1) is 17.4. The molecule has 0 radical (unpaired) electrons. The highest BCUT2D eigenvalue weighted by Crippen LogP contribution is 2.34. The van der Waals surface area contributed by atoms with Crippen LogP contribution in [0.25, 0.3) is 22.9 Å². The molecule has 0 aliphatic heterocycles. The number of aromatic hydroxyl groups is 1. The third-order valence-electron chi connectivity index (χ3n) is 3.35. The number of aromatic nitrogens is 1. The first-order chi connectivity index (χ1) is 12.0. The lowest BCUT2D eigenvalue weighted by Gasteiger charge is -2.02. The van der Waals surface area contributed by atoms with Crippen LogP contribution >= 0.6 is 34.5 Å². The van der Waals surface area contributed by atoms with Crippen molar-refractivity contribution in [2.75, 3.05) is 0 Å². The molecule has 0 saturated heterocycles. The summed E-state index contributed by atoms with van der Waals surface area (Å²) >= 11 is 13.1. The second-order valence-electron chi connectivity index (χ2n) is 5.05. The molecule has 0 aliphatic rings. The lowest BCUT2D eigenvalue weighted by atomic mass is 10.1. The fourth-order valence-corrected chi connectivity index (χ4v) is 3.43. The van der Waals surface area contributed by atoms with Gasteiger partial charge in [-0.3, -0.25) is 0 Å². The van der Waals surface area contributed by atoms with Gasteiger partial charge in [-0.05, 0) is 48.0 Å². The zero-order valence-electron chi connectivity index (χ0n) is 12.5. The SMILES string of the molecule is N#C/C(=C\c1cc(Cl)c(O)c(Cl)c1)c1nc(-c2ccc(F)cc2)cs1. The van der Waals surface area contributed by atoms with Gasteiger partial charge in [0.15, 0.2) is 5.75 Å². The molecule has 3 rings (SSSR count). The van der Waals surface area contributed by atoms with Gasteiger partial charge in [-0.15, -0.1) is 11.3 Å². The highest BCUT2D eigenvalue weighted by Gasteiger charge is 2.11. The van der Waals surface area contributed by atoms with Crippen LogP contribution in [0.2, 0.25) is 10.0 Å². The lowest BCUT2D eigenvalue weighted by Crippen LogP contribution is -1.84. The molecule has 0 bridgehead atoms. The monoisotopic (exact) mass is 390 g/mol. The zero-order valence-corrected chi connectivity index (χ0v) is 14.8. The van der Waals surface area contributed by atoms with Crippen molar-refractivity contribution < 1.29 is 9.50 Å². The van der Waals surface area contributed by atoms with Crippen LogP contribution in [0.5, 0.6) is 5.75 Å². The Labute approximate surface area is 157 Å². The molecule has 0 saturated carbocycles. The van der Waals surface area contributed by atoms with E-state index in [4.69, 9.17) is 23.2 Å². The number of hydrogen-bond donors (Lipinski definition) is 1. The minimum atomic E-state index is -0.321. The molecule has 3 nitrogen and oxygen atoms in total. The molecule has 1 heterocycles. The summed E-state index contributed by atoms with van der Waals surface area (Å²) in [5, 5.41) is 21.5. The average Bonchev–Trinajstić information content (AvgIpc) is 3.08. The van der Waals surface area contributed by atoms with Gasteiger partial charge in [0.25, 0.3) is 0 Å². The molecule has 0 spiro atoms. The zero-order chi connectivity index (χ0) is 18.0. The summed E-state index contributed by atoms with van der Waals surface area (Å²) in [6.45, 7) is 0. The van der Waals surface area contributed by atoms with Gasteiger partial charge in [0, 0.05) is 10.9 Å². The van der Waals surface area contributed by atoms with Crippen LogP contribution in [0.1, 0.15) is 10.6 Å². The minimum absolute atomic E-state index is 0.0992. The van der Waals surface area contributed by atoms with Gasteiger partial charge in [-0.25, -0.2) is 9.37 Å². The molecule has 0 atom stereocenters. The van der Waals surface area contributed by atoms with Crippen molar-refractivity contribution in [3.63, 3.8) is 0 Å². The van der Waals surface area contributed by atoms with E-state index in [1.54, 1.807) is 23.6 Å². The van der Waals surface area contributed by atoms with Gasteiger partial charge in [-0.2, -0.15) is 5.26 Å². The van der Waals surface area contributed by atoms with Crippen LogP contribution in [0, 0.1) is 17.1 Å². The van der Waals surface area contributed by atoms with Crippen LogP contribution in [-0.2, 0) is 0 Å². The van der Waals surface area contributed by atoms with Gasteiger partial charge in [0.05, 0.1) is 21.3 Å². The van der Waals surface area contributed by atoms with E-state index in [1.807, 2.05) is 0 Å². The van der Waals surface area contributed by atoms with Crippen molar-refractivity contribution in [3.8, 4) is 23.1 Å². The number of halogens is 3. The fourth-order valence-electron chi connectivity index (χ4n) is 2.13. The van der Waals surface area contributed by atoms with E-state index < -0.39 is 0 Å². The molecule has 0 amide bonds. The molecule has 3 aromatic rings. The smallest absolute Gasteiger partial charge is 0.152 e. The lowest BCUT2D eigenvalue weighted by molar-refractivity contribution is 0.476. The van der Waals surface area contributed by atoms with Crippen LogP contribution in [0.15, 0.2) is 41.8 Å². The van der Waals surface area contributed by atoms with E-state index in [1.165, 1.54) is 35.6 Å². The molecule has 1 aromatic heterocycles. The van der Waals surface area contributed by atoms with E-state index in [0.717, 1.165) is 5.56 Å². The number of allylic oxidation sites excluding steroid dienone is 1. The van der Waals surface area contributed by atoms with Gasteiger partial charge < -0.3 is 5.11 Å². The molecule has 1 N–H and O–H groups in total. The van der Waals surface area contributed by atoms with E-state index >= 15 is 0 Å². The predicted octanol–water partition coefficient (Wildman–Crippen LogP) is 6.03. The van der Waals surface area contributed by atoms with Gasteiger partial charge >= 0.3 is 0 Å². The number of nitrogens with zero attached hydrogens (tertiary/aromatic N) is 2. The Morgan fingerprint density at radius 2 is 1.84 bits per heavy atom. The van der Waals surface area contributed by atoms with E-state index in [2.05, 4.69) is 11.1 Å². The van der Waals surface area contributed by atoms with Gasteiger partial charge in [0.2, 0.25) is 0 Å². The molecule has 124 valence electrons. The molecule has 7 heteroatoms. The van der Waals surface area contributed by atoms with Crippen molar-refractivity contribution in [2.24, 2.45) is 0 Å². The quantitative estimate of drug-likeness (QED) is 0.555. The van der Waals surface area contributed by atoms with Crippen LogP contribution in [0.3, 0.4) is 0 Å². The third-order valence-corrected chi connectivity index (χ3v) is 4.80.